The van der Waals surface area contributed by atoms with Crippen LogP contribution in [-0.4, -0.2) is 95.9 Å². The fourth-order valence-electron chi connectivity index (χ4n) is 11.2. The number of allylic oxidation sites excluding steroid dienone is 24. The molecule has 0 heterocycles. The van der Waals surface area contributed by atoms with E-state index in [2.05, 4.69) is 167 Å². The van der Waals surface area contributed by atoms with E-state index in [-0.39, 0.29) is 19.3 Å². The minimum atomic E-state index is -4.94. The van der Waals surface area contributed by atoms with Crippen molar-refractivity contribution in [1.29, 1.82) is 0 Å². The molecule has 0 radical (unpaired) electrons. The van der Waals surface area contributed by atoms with Crippen molar-refractivity contribution in [3.05, 3.63) is 146 Å². The number of phosphoric ester groups is 2. The molecule has 0 aliphatic rings. The van der Waals surface area contributed by atoms with Gasteiger partial charge < -0.3 is 34.2 Å². The fourth-order valence-corrected chi connectivity index (χ4v) is 12.8. The Kier molecular flexibility index (Phi) is 77.5. The number of aliphatic hydroxyl groups is 2. The second kappa shape index (κ2) is 80.9. The number of carbonyl (C=O) groups is 3. The first-order valence-electron chi connectivity index (χ1n) is 42.1. The van der Waals surface area contributed by atoms with Gasteiger partial charge in [-0.2, -0.15) is 0 Å². The molecule has 0 aromatic carbocycles. The molecule has 16 nitrogen and oxygen atoms in total. The molecule has 0 aliphatic carbocycles. The van der Waals surface area contributed by atoms with E-state index in [1.54, 1.807) is 0 Å². The van der Waals surface area contributed by atoms with Gasteiger partial charge in [0, 0.05) is 19.3 Å². The molecule has 0 rings (SSSR count). The first kappa shape index (κ1) is 102. The summed E-state index contributed by atoms with van der Waals surface area (Å²) in [5.74, 6) is -1.60. The average molecular weight is 1540 g/mol. The molecule has 614 valence electrons. The number of hydrogen-bond acceptors (Lipinski definition) is 14. The maximum atomic E-state index is 13.0. The highest BCUT2D eigenvalue weighted by Gasteiger charge is 2.29. The van der Waals surface area contributed by atoms with Crippen LogP contribution in [0.15, 0.2) is 146 Å². The summed E-state index contributed by atoms with van der Waals surface area (Å²) in [5, 5.41) is 20.7. The number of aliphatic hydroxyl groups excluding tert-OH is 2. The highest BCUT2D eigenvalue weighted by Crippen LogP contribution is 2.45. The molecule has 5 unspecified atom stereocenters. The van der Waals surface area contributed by atoms with Crippen molar-refractivity contribution in [2.24, 2.45) is 0 Å². The van der Waals surface area contributed by atoms with Gasteiger partial charge in [-0.25, -0.2) is 9.13 Å². The predicted octanol–water partition coefficient (Wildman–Crippen LogP) is 25.2. The summed E-state index contributed by atoms with van der Waals surface area (Å²) in [4.78, 5) is 58.8. The molecule has 0 fully saturated rings. The molecule has 0 saturated heterocycles. The summed E-state index contributed by atoms with van der Waals surface area (Å²) in [6, 6.07) is 0. The lowest BCUT2D eigenvalue weighted by Crippen LogP contribution is -2.30. The molecule has 0 aliphatic heterocycles. The topological polar surface area (TPSA) is 231 Å². The van der Waals surface area contributed by atoms with Crippen LogP contribution in [0.4, 0.5) is 0 Å². The summed E-state index contributed by atoms with van der Waals surface area (Å²) in [5.41, 5.74) is 0. The second-order valence-electron chi connectivity index (χ2n) is 27.9. The zero-order valence-corrected chi connectivity index (χ0v) is 69.1. The van der Waals surface area contributed by atoms with Gasteiger partial charge in [-0.1, -0.05) is 327 Å². The third kappa shape index (κ3) is 82.2. The largest absolute Gasteiger partial charge is 0.472 e. The van der Waals surface area contributed by atoms with Crippen LogP contribution >= 0.6 is 15.6 Å². The highest BCUT2D eigenvalue weighted by molar-refractivity contribution is 7.47. The summed E-state index contributed by atoms with van der Waals surface area (Å²) in [6.45, 7) is 2.42. The molecular formula is C89H152O16P2. The summed E-state index contributed by atoms with van der Waals surface area (Å²) in [6.07, 6.45) is 100. The van der Waals surface area contributed by atoms with Gasteiger partial charge in [0.1, 0.15) is 25.4 Å². The zero-order chi connectivity index (χ0) is 78.0. The third-order valence-corrected chi connectivity index (χ3v) is 19.4. The lowest BCUT2D eigenvalue weighted by molar-refractivity contribution is -0.161. The summed E-state index contributed by atoms with van der Waals surface area (Å²) >= 11 is 0. The Bertz CT molecular complexity index is 2530. The van der Waals surface area contributed by atoms with Crippen LogP contribution in [0.3, 0.4) is 0 Å². The number of rotatable bonds is 79. The second-order valence-corrected chi connectivity index (χ2v) is 30.8. The van der Waals surface area contributed by atoms with Crippen molar-refractivity contribution in [3.8, 4) is 0 Å². The quantitative estimate of drug-likeness (QED) is 0.0146. The van der Waals surface area contributed by atoms with Crippen LogP contribution in [0, 0.1) is 0 Å². The Hall–Kier alpha value is -4.57. The molecule has 0 bridgehead atoms. The SMILES string of the molecule is CC/C=C\C/C=C\C/C=C\C/C=C\C/C=C\CCCCCCCCCCCC(=O)OCC(COP(=O)(O)OCC(O)COP(=O)(O)OCC(O)COC(=O)CCCCCCCCCCCCCCCCC/C=C\C/C=C\C/C=C\C/C=C\CCCCC)OC(=O)CCCCCCC/C=C\C/C=C\C/C=C\CC. The number of carbonyl (C=O) groups excluding carboxylic acids is 3. The lowest BCUT2D eigenvalue weighted by Gasteiger charge is -2.21. The van der Waals surface area contributed by atoms with E-state index in [1.165, 1.54) is 128 Å². The van der Waals surface area contributed by atoms with Crippen LogP contribution in [0.1, 0.15) is 342 Å². The summed E-state index contributed by atoms with van der Waals surface area (Å²) < 4.78 is 61.2. The van der Waals surface area contributed by atoms with Crippen LogP contribution in [0.5, 0.6) is 0 Å². The van der Waals surface area contributed by atoms with Gasteiger partial charge >= 0.3 is 33.6 Å². The van der Waals surface area contributed by atoms with Gasteiger partial charge in [0.2, 0.25) is 0 Å². The first-order chi connectivity index (χ1) is 52.2. The molecule has 0 aromatic rings. The number of hydrogen-bond donors (Lipinski definition) is 4. The minimum Gasteiger partial charge on any atom is -0.463 e. The van der Waals surface area contributed by atoms with Crippen molar-refractivity contribution in [2.75, 3.05) is 39.6 Å². The molecule has 0 aromatic heterocycles. The van der Waals surface area contributed by atoms with Crippen LogP contribution in [-0.2, 0) is 55.8 Å². The third-order valence-electron chi connectivity index (χ3n) is 17.5. The molecule has 0 amide bonds. The van der Waals surface area contributed by atoms with Crippen molar-refractivity contribution in [1.82, 2.24) is 0 Å². The van der Waals surface area contributed by atoms with E-state index < -0.39 is 91.5 Å². The van der Waals surface area contributed by atoms with Gasteiger partial charge in [-0.05, 0) is 141 Å². The minimum absolute atomic E-state index is 0.0804. The van der Waals surface area contributed by atoms with E-state index >= 15 is 0 Å². The summed E-state index contributed by atoms with van der Waals surface area (Å²) in [7, 11) is -9.80. The van der Waals surface area contributed by atoms with E-state index in [9.17, 15) is 43.5 Å². The standard InChI is InChI=1S/C89H152O16P2/c1-4-7-10-13-16-19-22-25-28-30-32-34-36-38-39-40-41-42-43-45-47-48-50-52-55-57-60-63-66-69-72-75-87(92)99-78-84(90)79-101-106(95,96)102-80-85(91)81-103-107(97,98)104-83-86(105-89(94)77-74-71-68-65-62-59-54-27-24-21-18-15-12-9-6-3)82-100-88(93)76-73-70-67-64-61-58-56-53-51-49-46-44-37-35-33-31-29-26-23-20-17-14-11-8-5-2/h8-9,11-12,16-21,25-29,32-35,38-39,44,46,54,84-86,90-91H,4-7,10,13-15,22-24,30-31,36-37,40-43,45,47-53,55-83H2,1-3H3,(H,95,96)(H,97,98)/b11-8-,12-9-,19-16-,20-17-,21-18-,28-25-,29-26-,34-32-,35-33-,39-38-,46-44-,54-27-. The first-order valence-corrected chi connectivity index (χ1v) is 45.1. The lowest BCUT2D eigenvalue weighted by atomic mass is 10.0. The van der Waals surface area contributed by atoms with Crippen molar-refractivity contribution in [2.45, 2.75) is 360 Å². The Morgan fingerprint density at radius 1 is 0.271 bits per heavy atom. The molecule has 107 heavy (non-hydrogen) atoms. The molecule has 4 N–H and O–H groups in total. The smallest absolute Gasteiger partial charge is 0.463 e. The van der Waals surface area contributed by atoms with Gasteiger partial charge in [0.25, 0.3) is 0 Å². The number of esters is 3. The maximum absolute atomic E-state index is 13.0. The van der Waals surface area contributed by atoms with Gasteiger partial charge in [0.05, 0.1) is 26.4 Å². The highest BCUT2D eigenvalue weighted by atomic mass is 31.2. The molecule has 18 heteroatoms. The number of unbranched alkanes of at least 4 members (excludes halogenated alkanes) is 32. The average Bonchev–Trinajstić information content (AvgIpc) is 0.904. The van der Waals surface area contributed by atoms with Gasteiger partial charge in [0.15, 0.2) is 6.10 Å². The van der Waals surface area contributed by atoms with E-state index in [0.717, 1.165) is 154 Å². The Labute approximate surface area is 651 Å². The van der Waals surface area contributed by atoms with E-state index in [0.29, 0.717) is 19.3 Å². The molecular weight excluding hydrogens is 1390 g/mol. The number of phosphoric acid groups is 2. The normalized spacial score (nSPS) is 14.6. The molecule has 0 spiro atoms. The number of ether oxygens (including phenoxy) is 3. The van der Waals surface area contributed by atoms with Crippen LogP contribution in [0.25, 0.3) is 0 Å². The fraction of sp³-hybridized carbons (Fsp3) is 0.697. The van der Waals surface area contributed by atoms with E-state index in [1.807, 2.05) is 0 Å². The van der Waals surface area contributed by atoms with Crippen molar-refractivity contribution in [3.63, 3.8) is 0 Å². The maximum Gasteiger partial charge on any atom is 0.472 e. The Morgan fingerprint density at radius 3 is 0.785 bits per heavy atom. The monoisotopic (exact) mass is 1540 g/mol. The van der Waals surface area contributed by atoms with Gasteiger partial charge in [-0.15, -0.1) is 0 Å². The van der Waals surface area contributed by atoms with Gasteiger partial charge in [-0.3, -0.25) is 32.5 Å². The van der Waals surface area contributed by atoms with Crippen LogP contribution in [0.2, 0.25) is 0 Å². The van der Waals surface area contributed by atoms with Crippen molar-refractivity contribution >= 4 is 33.6 Å². The van der Waals surface area contributed by atoms with Crippen LogP contribution < -0.4 is 0 Å². The van der Waals surface area contributed by atoms with E-state index in [4.69, 9.17) is 32.3 Å². The molecule has 5 atom stereocenters. The Balaban J connectivity index is 4.51. The molecule has 0 saturated carbocycles. The Morgan fingerprint density at radius 2 is 0.495 bits per heavy atom. The predicted molar refractivity (Wildman–Crippen MR) is 445 cm³/mol. The van der Waals surface area contributed by atoms with Crippen molar-refractivity contribution < 1.29 is 75.8 Å². The zero-order valence-electron chi connectivity index (χ0n) is 67.3.